The van der Waals surface area contributed by atoms with Crippen molar-refractivity contribution in [1.29, 1.82) is 0 Å². The highest BCUT2D eigenvalue weighted by Gasteiger charge is 2.39. The highest BCUT2D eigenvalue weighted by atomic mass is 16.5. The lowest BCUT2D eigenvalue weighted by molar-refractivity contribution is 0.0824. The molecule has 1 aliphatic carbocycles. The van der Waals surface area contributed by atoms with Crippen LogP contribution in [0.3, 0.4) is 0 Å². The zero-order valence-electron chi connectivity index (χ0n) is 10.6. The average molecular weight is 264 g/mol. The molecule has 0 heterocycles. The molecular weight excluding hydrogens is 252 g/mol. The molecule has 2 N–H and O–H groups in total. The van der Waals surface area contributed by atoms with Crippen molar-refractivity contribution in [3.8, 4) is 11.5 Å². The maximum atomic E-state index is 12.2. The normalized spacial score (nSPS) is 14.5. The molecule has 1 aliphatic rings. The van der Waals surface area contributed by atoms with Crippen molar-refractivity contribution >= 4 is 11.6 Å². The molecule has 1 aromatic rings. The SMILES string of the molecule is COC1=C(OC)C(=O)c2c(O)c(C)cc(O)c2C1=O. The number of allylic oxidation sites excluding steroid dienone is 2. The number of carbonyl (C=O) groups is 2. The number of rotatable bonds is 2. The smallest absolute Gasteiger partial charge is 0.236 e. The van der Waals surface area contributed by atoms with Crippen LogP contribution >= 0.6 is 0 Å². The molecule has 0 aliphatic heterocycles. The third-order valence-electron chi connectivity index (χ3n) is 2.95. The molecule has 0 atom stereocenters. The lowest BCUT2D eigenvalue weighted by Crippen LogP contribution is -2.24. The van der Waals surface area contributed by atoms with Gasteiger partial charge in [0.2, 0.25) is 23.1 Å². The average Bonchev–Trinajstić information content (AvgIpc) is 2.37. The fraction of sp³-hybridized carbons (Fsp3) is 0.231. The first-order chi connectivity index (χ1) is 8.93. The molecular formula is C13H12O6. The number of ether oxygens (including phenoxy) is 2. The molecule has 0 radical (unpaired) electrons. The Hall–Kier alpha value is -2.50. The molecule has 0 fully saturated rings. The minimum absolute atomic E-state index is 0.264. The van der Waals surface area contributed by atoms with Crippen LogP contribution in [0.2, 0.25) is 0 Å². The molecule has 0 spiro atoms. The van der Waals surface area contributed by atoms with Crippen LogP contribution in [0.15, 0.2) is 17.6 Å². The van der Waals surface area contributed by atoms with E-state index in [0.29, 0.717) is 0 Å². The van der Waals surface area contributed by atoms with Crippen LogP contribution in [-0.4, -0.2) is 36.0 Å². The van der Waals surface area contributed by atoms with Gasteiger partial charge in [0.15, 0.2) is 0 Å². The Morgan fingerprint density at radius 2 is 1.42 bits per heavy atom. The van der Waals surface area contributed by atoms with Gasteiger partial charge in [0.25, 0.3) is 0 Å². The fourth-order valence-corrected chi connectivity index (χ4v) is 2.04. The Morgan fingerprint density at radius 3 is 1.89 bits per heavy atom. The number of hydrogen-bond acceptors (Lipinski definition) is 6. The van der Waals surface area contributed by atoms with E-state index in [2.05, 4.69) is 0 Å². The molecule has 0 amide bonds. The van der Waals surface area contributed by atoms with E-state index in [4.69, 9.17) is 9.47 Å². The number of Topliss-reactive ketones (excluding diaryl/α,β-unsaturated/α-hetero) is 2. The molecule has 6 nitrogen and oxygen atoms in total. The van der Waals surface area contributed by atoms with Crippen LogP contribution in [0.1, 0.15) is 26.3 Å². The zero-order chi connectivity index (χ0) is 14.3. The van der Waals surface area contributed by atoms with Crippen molar-refractivity contribution in [1.82, 2.24) is 0 Å². The zero-order valence-corrected chi connectivity index (χ0v) is 10.6. The van der Waals surface area contributed by atoms with E-state index in [1.165, 1.54) is 27.2 Å². The Kier molecular flexibility index (Phi) is 2.94. The maximum absolute atomic E-state index is 12.2. The second-order valence-electron chi connectivity index (χ2n) is 4.04. The lowest BCUT2D eigenvalue weighted by atomic mass is 9.89. The Labute approximate surface area is 108 Å². The van der Waals surface area contributed by atoms with E-state index < -0.39 is 11.6 Å². The summed E-state index contributed by atoms with van der Waals surface area (Å²) in [6.45, 7) is 1.51. The van der Waals surface area contributed by atoms with Gasteiger partial charge < -0.3 is 19.7 Å². The van der Waals surface area contributed by atoms with Gasteiger partial charge in [-0.1, -0.05) is 0 Å². The minimum Gasteiger partial charge on any atom is -0.507 e. The largest absolute Gasteiger partial charge is 0.507 e. The third-order valence-corrected chi connectivity index (χ3v) is 2.95. The minimum atomic E-state index is -0.707. The van der Waals surface area contributed by atoms with E-state index in [9.17, 15) is 19.8 Å². The van der Waals surface area contributed by atoms with E-state index in [-0.39, 0.29) is 39.7 Å². The van der Waals surface area contributed by atoms with E-state index in [1.807, 2.05) is 0 Å². The van der Waals surface area contributed by atoms with Crippen LogP contribution < -0.4 is 0 Å². The Balaban J connectivity index is 2.84. The third kappa shape index (κ3) is 1.64. The summed E-state index contributed by atoms with van der Waals surface area (Å²) in [5, 5.41) is 19.7. The second kappa shape index (κ2) is 4.31. The first kappa shape index (κ1) is 12.9. The summed E-state index contributed by atoms with van der Waals surface area (Å²) >= 11 is 0. The van der Waals surface area contributed by atoms with Gasteiger partial charge in [-0.05, 0) is 18.6 Å². The lowest BCUT2D eigenvalue weighted by Gasteiger charge is -2.21. The second-order valence-corrected chi connectivity index (χ2v) is 4.04. The number of aromatic hydroxyl groups is 2. The van der Waals surface area contributed by atoms with Gasteiger partial charge in [-0.25, -0.2) is 0 Å². The highest BCUT2D eigenvalue weighted by molar-refractivity contribution is 6.27. The van der Waals surface area contributed by atoms with Gasteiger partial charge in [0.05, 0.1) is 25.3 Å². The summed E-state index contributed by atoms with van der Waals surface area (Å²) < 4.78 is 9.71. The number of phenols is 2. The summed E-state index contributed by atoms with van der Waals surface area (Å²) in [5.74, 6) is -2.73. The summed E-state index contributed by atoms with van der Waals surface area (Å²) in [6, 6.07) is 1.21. The van der Waals surface area contributed by atoms with Gasteiger partial charge in [-0.3, -0.25) is 9.59 Å². The molecule has 2 rings (SSSR count). The van der Waals surface area contributed by atoms with Gasteiger partial charge in [0, 0.05) is 0 Å². The number of aryl methyl sites for hydroxylation is 1. The number of carbonyl (C=O) groups excluding carboxylic acids is 2. The van der Waals surface area contributed by atoms with Crippen molar-refractivity contribution < 1.29 is 29.3 Å². The van der Waals surface area contributed by atoms with Gasteiger partial charge in [0.1, 0.15) is 11.5 Å². The van der Waals surface area contributed by atoms with Crippen LogP contribution in [0, 0.1) is 6.92 Å². The van der Waals surface area contributed by atoms with Crippen molar-refractivity contribution in [3.05, 3.63) is 34.3 Å². The summed E-state index contributed by atoms with van der Waals surface area (Å²) in [5.41, 5.74) is -0.250. The predicted molar refractivity (Wildman–Crippen MR) is 64.2 cm³/mol. The van der Waals surface area contributed by atoms with Crippen LogP contribution in [0.25, 0.3) is 0 Å². The highest BCUT2D eigenvalue weighted by Crippen LogP contribution is 2.39. The number of phenolic OH excluding ortho intramolecular Hbond substituents is 2. The number of ketones is 2. The number of benzene rings is 1. The summed E-state index contributed by atoms with van der Waals surface area (Å²) in [4.78, 5) is 24.4. The number of fused-ring (bicyclic) bond motifs is 1. The summed E-state index contributed by atoms with van der Waals surface area (Å²) in [6.07, 6.45) is 0. The van der Waals surface area contributed by atoms with Crippen molar-refractivity contribution in [2.45, 2.75) is 6.92 Å². The first-order valence-corrected chi connectivity index (χ1v) is 5.41. The topological polar surface area (TPSA) is 93.1 Å². The fourth-order valence-electron chi connectivity index (χ4n) is 2.04. The molecule has 100 valence electrons. The molecule has 0 saturated heterocycles. The van der Waals surface area contributed by atoms with Crippen LogP contribution in [0.5, 0.6) is 11.5 Å². The van der Waals surface area contributed by atoms with Crippen LogP contribution in [0.4, 0.5) is 0 Å². The van der Waals surface area contributed by atoms with Crippen molar-refractivity contribution in [2.75, 3.05) is 14.2 Å². The standard InChI is InChI=1S/C13H12O6/c1-5-4-6(14)7-8(9(5)15)11(17)13(19-3)12(18-2)10(7)16/h4,14-15H,1-3H3. The molecule has 19 heavy (non-hydrogen) atoms. The monoisotopic (exact) mass is 264 g/mol. The van der Waals surface area contributed by atoms with E-state index in [1.54, 1.807) is 0 Å². The van der Waals surface area contributed by atoms with E-state index in [0.717, 1.165) is 0 Å². The molecule has 1 aromatic carbocycles. The number of methoxy groups -OCH3 is 2. The Morgan fingerprint density at radius 1 is 0.947 bits per heavy atom. The molecule has 0 aromatic heterocycles. The molecule has 6 heteroatoms. The summed E-state index contributed by atoms with van der Waals surface area (Å²) in [7, 11) is 2.44. The Bertz CT molecular complexity index is 627. The van der Waals surface area contributed by atoms with Gasteiger partial charge in [-0.15, -0.1) is 0 Å². The van der Waals surface area contributed by atoms with Crippen LogP contribution in [-0.2, 0) is 9.47 Å². The quantitative estimate of drug-likeness (QED) is 0.782. The van der Waals surface area contributed by atoms with Gasteiger partial charge in [-0.2, -0.15) is 0 Å². The molecule has 0 bridgehead atoms. The van der Waals surface area contributed by atoms with Gasteiger partial charge >= 0.3 is 0 Å². The van der Waals surface area contributed by atoms with Crippen molar-refractivity contribution in [3.63, 3.8) is 0 Å². The number of hydrogen-bond donors (Lipinski definition) is 2. The van der Waals surface area contributed by atoms with E-state index >= 15 is 0 Å². The molecule has 0 unspecified atom stereocenters. The maximum Gasteiger partial charge on any atom is 0.236 e. The molecule has 0 saturated carbocycles. The van der Waals surface area contributed by atoms with Crippen molar-refractivity contribution in [2.24, 2.45) is 0 Å². The first-order valence-electron chi connectivity index (χ1n) is 5.41. The predicted octanol–water partition coefficient (Wildman–Crippen LogP) is 1.29.